The van der Waals surface area contributed by atoms with Gasteiger partial charge in [-0.05, 0) is 71.3 Å². The molecule has 0 heterocycles. The number of ether oxygens (including phenoxy) is 1. The zero-order valence-electron chi connectivity index (χ0n) is 25.9. The van der Waals surface area contributed by atoms with Crippen LogP contribution in [0.4, 0.5) is 26.3 Å². The molecule has 2 saturated carbocycles. The van der Waals surface area contributed by atoms with Crippen molar-refractivity contribution >= 4 is 32.4 Å². The molecule has 1 N–H and O–H groups in total. The normalized spacial score (nSPS) is 26.3. The Bertz CT molecular complexity index is 926. The highest BCUT2D eigenvalue weighted by Crippen LogP contribution is 2.59. The predicted molar refractivity (Wildman–Crippen MR) is 145 cm³/mol. The summed E-state index contributed by atoms with van der Waals surface area (Å²) in [5.41, 5.74) is -5.99. The number of fused-ring (bicyclic) bond motifs is 2. The standard InChI is InChI=1S/C24H44F6O10Si3/c1-21(2,3)38-20(31)18-14-16-13-17(18)19(15-16)41(9,33-4)39-42(34-5,40-43(35-6,36-7)37-8)12-10-11-22(32,23(25,26)27)24(28,29)30/h16-19,32H,10-15H2,1-9H3. The molecule has 0 aromatic heterocycles. The van der Waals surface area contributed by atoms with Gasteiger partial charge in [0.1, 0.15) is 5.60 Å². The molecule has 2 aliphatic carbocycles. The Kier molecular flexibility index (Phi) is 12.2. The topological polar surface area (TPSA) is 111 Å². The summed E-state index contributed by atoms with van der Waals surface area (Å²) in [5, 5.41) is 9.73. The van der Waals surface area contributed by atoms with Crippen LogP contribution in [0.15, 0.2) is 0 Å². The smallest absolute Gasteiger partial charge is 0.460 e. The number of esters is 1. The third-order valence-electron chi connectivity index (χ3n) is 8.26. The van der Waals surface area contributed by atoms with Gasteiger partial charge in [-0.2, -0.15) is 26.3 Å². The lowest BCUT2D eigenvalue weighted by Gasteiger charge is -2.44. The van der Waals surface area contributed by atoms with Crippen LogP contribution < -0.4 is 0 Å². The Balaban J connectivity index is 2.46. The van der Waals surface area contributed by atoms with Gasteiger partial charge >= 0.3 is 44.7 Å². The molecule has 0 aromatic rings. The molecule has 0 aromatic carbocycles. The van der Waals surface area contributed by atoms with Gasteiger partial charge in [-0.1, -0.05) is 0 Å². The number of alkyl halides is 6. The maximum absolute atomic E-state index is 13.4. The molecule has 6 atom stereocenters. The minimum Gasteiger partial charge on any atom is -0.460 e. The minimum atomic E-state index is -6.00. The Labute approximate surface area is 251 Å². The van der Waals surface area contributed by atoms with E-state index in [9.17, 15) is 36.2 Å². The monoisotopic (exact) mass is 690 g/mol. The van der Waals surface area contributed by atoms with E-state index >= 15 is 0 Å². The summed E-state index contributed by atoms with van der Waals surface area (Å²) in [6.07, 6.45) is -12.7. The summed E-state index contributed by atoms with van der Waals surface area (Å²) in [6.45, 7) is 6.97. The molecule has 0 saturated heterocycles. The first-order valence-corrected chi connectivity index (χ1v) is 19.7. The summed E-state index contributed by atoms with van der Waals surface area (Å²) in [6, 6.07) is -0.606. The first-order chi connectivity index (χ1) is 19.5. The van der Waals surface area contributed by atoms with E-state index in [1.165, 1.54) is 28.4 Å². The predicted octanol–water partition coefficient (Wildman–Crippen LogP) is 5.09. The van der Waals surface area contributed by atoms with E-state index in [1.807, 2.05) is 0 Å². The Hall–Kier alpha value is -0.619. The molecule has 0 radical (unpaired) electrons. The number of halogens is 6. The Morgan fingerprint density at radius 1 is 0.814 bits per heavy atom. The SMILES string of the molecule is CO[Si](CCCC(O)(C(F)(F)F)C(F)(F)F)(O[Si](OC)(OC)OC)O[Si](C)(OC)C1CC2CC(C(=O)OC(C)(C)C)C1C2. The lowest BCUT2D eigenvalue weighted by Crippen LogP contribution is -2.64. The van der Waals surface area contributed by atoms with Gasteiger partial charge in [0.05, 0.1) is 5.92 Å². The van der Waals surface area contributed by atoms with Gasteiger partial charge in [0.25, 0.3) is 5.60 Å². The molecule has 43 heavy (non-hydrogen) atoms. The average molecular weight is 691 g/mol. The Morgan fingerprint density at radius 3 is 1.74 bits per heavy atom. The molecular formula is C24H44F6O10Si3. The summed E-state index contributed by atoms with van der Waals surface area (Å²) in [4.78, 5) is 13.1. The fourth-order valence-corrected chi connectivity index (χ4v) is 17.5. The third kappa shape index (κ3) is 8.40. The molecule has 0 spiro atoms. The van der Waals surface area contributed by atoms with Crippen molar-refractivity contribution in [1.29, 1.82) is 0 Å². The van der Waals surface area contributed by atoms with Gasteiger partial charge in [-0.25, -0.2) is 0 Å². The molecule has 2 bridgehead atoms. The fraction of sp³-hybridized carbons (Fsp3) is 0.958. The van der Waals surface area contributed by atoms with Crippen molar-refractivity contribution in [3.63, 3.8) is 0 Å². The van der Waals surface area contributed by atoms with Crippen molar-refractivity contribution in [3.8, 4) is 0 Å². The second-order valence-electron chi connectivity index (χ2n) is 12.1. The van der Waals surface area contributed by atoms with E-state index in [1.54, 1.807) is 27.3 Å². The van der Waals surface area contributed by atoms with Crippen LogP contribution in [0, 0.1) is 17.8 Å². The van der Waals surface area contributed by atoms with Crippen LogP contribution in [-0.4, -0.2) is 96.6 Å². The Morgan fingerprint density at radius 2 is 1.35 bits per heavy atom. The summed E-state index contributed by atoms with van der Waals surface area (Å²) < 4.78 is 126. The average Bonchev–Trinajstić information content (AvgIpc) is 3.51. The van der Waals surface area contributed by atoms with Crippen LogP contribution in [0.5, 0.6) is 0 Å². The number of hydrogen-bond acceptors (Lipinski definition) is 10. The van der Waals surface area contributed by atoms with Crippen molar-refractivity contribution in [2.24, 2.45) is 17.8 Å². The zero-order valence-corrected chi connectivity index (χ0v) is 28.9. The van der Waals surface area contributed by atoms with Crippen molar-refractivity contribution in [2.45, 2.75) is 94.6 Å². The van der Waals surface area contributed by atoms with E-state index in [0.717, 1.165) is 7.11 Å². The van der Waals surface area contributed by atoms with Gasteiger partial charge < -0.3 is 40.2 Å². The first-order valence-electron chi connectivity index (χ1n) is 13.7. The minimum absolute atomic E-state index is 0.164. The van der Waals surface area contributed by atoms with Gasteiger partial charge in [-0.15, -0.1) is 0 Å². The molecule has 0 aliphatic heterocycles. The van der Waals surface area contributed by atoms with Crippen LogP contribution in [-0.2, 0) is 39.9 Å². The summed E-state index contributed by atoms with van der Waals surface area (Å²) >= 11 is 0. The van der Waals surface area contributed by atoms with Gasteiger partial charge in [0.2, 0.25) is 0 Å². The molecule has 0 amide bonds. The first kappa shape index (κ1) is 38.6. The molecule has 10 nitrogen and oxygen atoms in total. The molecule has 2 fully saturated rings. The van der Waals surface area contributed by atoms with Crippen LogP contribution in [0.2, 0.25) is 18.1 Å². The van der Waals surface area contributed by atoms with E-state index in [4.69, 9.17) is 35.1 Å². The van der Waals surface area contributed by atoms with E-state index < -0.39 is 74.8 Å². The fourth-order valence-electron chi connectivity index (χ4n) is 6.06. The quantitative estimate of drug-likeness (QED) is 0.142. The van der Waals surface area contributed by atoms with Crippen molar-refractivity contribution in [2.75, 3.05) is 35.5 Å². The van der Waals surface area contributed by atoms with Crippen LogP contribution in [0.3, 0.4) is 0 Å². The molecule has 6 unspecified atom stereocenters. The lowest BCUT2D eigenvalue weighted by atomic mass is 9.88. The van der Waals surface area contributed by atoms with Crippen molar-refractivity contribution < 1.29 is 71.3 Å². The highest BCUT2D eigenvalue weighted by atomic mass is 28.5. The molecular weight excluding hydrogens is 647 g/mol. The van der Waals surface area contributed by atoms with Crippen LogP contribution in [0.1, 0.15) is 52.9 Å². The van der Waals surface area contributed by atoms with Gasteiger partial charge in [0, 0.05) is 47.1 Å². The molecule has 19 heteroatoms. The van der Waals surface area contributed by atoms with E-state index in [2.05, 4.69) is 0 Å². The second-order valence-corrected chi connectivity index (χ2v) is 21.4. The largest absolute Gasteiger partial charge is 0.671 e. The highest BCUT2D eigenvalue weighted by molar-refractivity contribution is 6.82. The van der Waals surface area contributed by atoms with Crippen molar-refractivity contribution in [3.05, 3.63) is 0 Å². The number of carbonyl (C=O) groups is 1. The highest BCUT2D eigenvalue weighted by Gasteiger charge is 2.70. The molecule has 2 rings (SSSR count). The maximum Gasteiger partial charge on any atom is 0.671 e. The zero-order chi connectivity index (χ0) is 33.3. The van der Waals surface area contributed by atoms with Crippen LogP contribution in [0.25, 0.3) is 0 Å². The number of rotatable bonds is 15. The lowest BCUT2D eigenvalue weighted by molar-refractivity contribution is -0.370. The number of carbonyl (C=O) groups excluding carboxylic acids is 1. The van der Waals surface area contributed by atoms with Gasteiger partial charge in [-0.3, -0.25) is 4.79 Å². The third-order valence-corrected chi connectivity index (χ3v) is 19.3. The number of hydrogen-bond donors (Lipinski definition) is 1. The van der Waals surface area contributed by atoms with E-state index in [-0.39, 0.29) is 23.3 Å². The van der Waals surface area contributed by atoms with Gasteiger partial charge in [0.15, 0.2) is 0 Å². The number of aliphatic hydroxyl groups is 1. The molecule has 2 aliphatic rings. The van der Waals surface area contributed by atoms with E-state index in [0.29, 0.717) is 19.3 Å². The van der Waals surface area contributed by atoms with Crippen molar-refractivity contribution in [1.82, 2.24) is 0 Å². The second kappa shape index (κ2) is 13.6. The summed E-state index contributed by atoms with van der Waals surface area (Å²) in [5.74, 6) is -0.828. The maximum atomic E-state index is 13.4. The molecule has 254 valence electrons. The van der Waals surface area contributed by atoms with Crippen LogP contribution >= 0.6 is 0 Å². The summed E-state index contributed by atoms with van der Waals surface area (Å²) in [7, 11) is -5.85.